The maximum Gasteiger partial charge on any atom is 0.326 e. The molecule has 1 aliphatic rings. The molecule has 2 rings (SSSR count). The maximum absolute atomic E-state index is 12.2. The lowest BCUT2D eigenvalue weighted by atomic mass is 9.91. The zero-order valence-corrected chi connectivity index (χ0v) is 13.7. The lowest BCUT2D eigenvalue weighted by molar-refractivity contribution is -0.139. The number of nitrogens with one attached hydrogen (secondary N) is 3. The van der Waals surface area contributed by atoms with Crippen LogP contribution in [0.15, 0.2) is 36.9 Å². The van der Waals surface area contributed by atoms with Crippen molar-refractivity contribution in [1.82, 2.24) is 16.0 Å². The number of aliphatic carboxylic acids is 1. The predicted octanol–water partition coefficient (Wildman–Crippen LogP) is 0.890. The molecule has 1 heterocycles. The van der Waals surface area contributed by atoms with Crippen LogP contribution in [-0.2, 0) is 15.1 Å². The molecule has 2 unspecified atom stereocenters. The third-order valence-electron chi connectivity index (χ3n) is 4.03. The van der Waals surface area contributed by atoms with Gasteiger partial charge in [0, 0.05) is 5.56 Å². The minimum atomic E-state index is -1.21. The molecule has 8 heteroatoms. The molecular formula is C17H19N3O5. The van der Waals surface area contributed by atoms with Crippen molar-refractivity contribution in [3.05, 3.63) is 48.0 Å². The van der Waals surface area contributed by atoms with E-state index in [2.05, 4.69) is 22.5 Å². The lowest BCUT2D eigenvalue weighted by Gasteiger charge is -2.21. The first kappa shape index (κ1) is 18.2. The first-order valence-corrected chi connectivity index (χ1v) is 7.66. The molecule has 0 spiro atoms. The van der Waals surface area contributed by atoms with Crippen molar-refractivity contribution < 1.29 is 24.3 Å². The van der Waals surface area contributed by atoms with Gasteiger partial charge in [-0.05, 0) is 37.5 Å². The van der Waals surface area contributed by atoms with E-state index in [1.54, 1.807) is 25.1 Å². The summed E-state index contributed by atoms with van der Waals surface area (Å²) in [5.74, 6) is -2.14. The zero-order valence-electron chi connectivity index (χ0n) is 13.7. The van der Waals surface area contributed by atoms with E-state index in [1.807, 2.05) is 0 Å². The Bertz CT molecular complexity index is 728. The van der Waals surface area contributed by atoms with Crippen LogP contribution in [0, 0.1) is 0 Å². The van der Waals surface area contributed by atoms with Crippen LogP contribution in [0.25, 0.3) is 0 Å². The van der Waals surface area contributed by atoms with Crippen molar-refractivity contribution in [3.63, 3.8) is 0 Å². The molecule has 1 saturated heterocycles. The molecule has 1 fully saturated rings. The van der Waals surface area contributed by atoms with Gasteiger partial charge in [0.1, 0.15) is 11.6 Å². The van der Waals surface area contributed by atoms with E-state index in [4.69, 9.17) is 5.11 Å². The Morgan fingerprint density at radius 2 is 1.96 bits per heavy atom. The van der Waals surface area contributed by atoms with Gasteiger partial charge in [-0.15, -0.1) is 6.58 Å². The van der Waals surface area contributed by atoms with Crippen LogP contribution in [0.1, 0.15) is 35.7 Å². The predicted molar refractivity (Wildman–Crippen MR) is 88.8 cm³/mol. The van der Waals surface area contributed by atoms with Gasteiger partial charge >= 0.3 is 12.0 Å². The maximum atomic E-state index is 12.2. The van der Waals surface area contributed by atoms with Crippen molar-refractivity contribution in [3.8, 4) is 0 Å². The van der Waals surface area contributed by atoms with Gasteiger partial charge in [-0.2, -0.15) is 0 Å². The molecule has 1 aromatic carbocycles. The molecule has 132 valence electrons. The van der Waals surface area contributed by atoms with Gasteiger partial charge in [0.25, 0.3) is 11.8 Å². The second kappa shape index (κ2) is 7.16. The summed E-state index contributed by atoms with van der Waals surface area (Å²) in [6.45, 7) is 5.08. The minimum absolute atomic E-state index is 0.243. The second-order valence-corrected chi connectivity index (χ2v) is 5.84. The Morgan fingerprint density at radius 3 is 2.44 bits per heavy atom. The Kier molecular flexibility index (Phi) is 5.21. The van der Waals surface area contributed by atoms with E-state index in [9.17, 15) is 19.2 Å². The van der Waals surface area contributed by atoms with Crippen molar-refractivity contribution in [2.45, 2.75) is 31.3 Å². The molecule has 1 aliphatic heterocycles. The molecule has 0 bridgehead atoms. The third-order valence-corrected chi connectivity index (χ3v) is 4.03. The molecule has 0 aromatic heterocycles. The standard InChI is InChI=1S/C17H19N3O5/c1-3-4-5-12(14(22)23)18-13(21)10-6-8-11(9-7-10)17(2)15(24)19-16(25)20-17/h3,6-9,12H,1,4-5H2,2H3,(H,18,21)(H,22,23)(H2,19,20,24,25). The fourth-order valence-corrected chi connectivity index (χ4v) is 2.48. The Hall–Kier alpha value is -3.16. The molecule has 25 heavy (non-hydrogen) atoms. The number of carboxylic acids is 1. The number of hydrogen-bond acceptors (Lipinski definition) is 4. The lowest BCUT2D eigenvalue weighted by Crippen LogP contribution is -2.41. The summed E-state index contributed by atoms with van der Waals surface area (Å²) in [7, 11) is 0. The highest BCUT2D eigenvalue weighted by Gasteiger charge is 2.43. The number of urea groups is 1. The summed E-state index contributed by atoms with van der Waals surface area (Å²) < 4.78 is 0. The van der Waals surface area contributed by atoms with Crippen molar-refractivity contribution >= 4 is 23.8 Å². The number of carbonyl (C=O) groups is 4. The average molecular weight is 345 g/mol. The number of carboxylic acid groups (broad SMARTS) is 1. The number of rotatable bonds is 7. The fraction of sp³-hybridized carbons (Fsp3) is 0.294. The fourth-order valence-electron chi connectivity index (χ4n) is 2.48. The summed E-state index contributed by atoms with van der Waals surface area (Å²) in [4.78, 5) is 46.6. The number of carbonyl (C=O) groups excluding carboxylic acids is 3. The largest absolute Gasteiger partial charge is 0.480 e. The molecule has 8 nitrogen and oxygen atoms in total. The number of imide groups is 1. The monoisotopic (exact) mass is 345 g/mol. The van der Waals surface area contributed by atoms with E-state index >= 15 is 0 Å². The van der Waals surface area contributed by atoms with Gasteiger partial charge in [0.05, 0.1) is 0 Å². The molecule has 4 N–H and O–H groups in total. The van der Waals surface area contributed by atoms with Crippen LogP contribution in [0.4, 0.5) is 4.79 Å². The summed E-state index contributed by atoms with van der Waals surface area (Å²) in [6, 6.07) is 4.43. The highest BCUT2D eigenvalue weighted by molar-refractivity contribution is 6.07. The average Bonchev–Trinajstić information content (AvgIpc) is 2.84. The van der Waals surface area contributed by atoms with Crippen molar-refractivity contribution in [2.24, 2.45) is 0 Å². The third kappa shape index (κ3) is 3.85. The Morgan fingerprint density at radius 1 is 1.32 bits per heavy atom. The van der Waals surface area contributed by atoms with Gasteiger partial charge in [-0.25, -0.2) is 9.59 Å². The van der Waals surface area contributed by atoms with Crippen LogP contribution in [-0.4, -0.2) is 35.0 Å². The quantitative estimate of drug-likeness (QED) is 0.431. The number of benzene rings is 1. The van der Waals surface area contributed by atoms with E-state index < -0.39 is 35.4 Å². The van der Waals surface area contributed by atoms with Gasteiger partial charge in [-0.3, -0.25) is 14.9 Å². The van der Waals surface area contributed by atoms with Crippen molar-refractivity contribution in [2.75, 3.05) is 0 Å². The number of allylic oxidation sites excluding steroid dienone is 1. The van der Waals surface area contributed by atoms with Crippen molar-refractivity contribution in [1.29, 1.82) is 0 Å². The van der Waals surface area contributed by atoms with Gasteiger partial charge in [-0.1, -0.05) is 18.2 Å². The van der Waals surface area contributed by atoms with E-state index in [0.717, 1.165) is 0 Å². The van der Waals surface area contributed by atoms with Gasteiger partial charge in [0.15, 0.2) is 0 Å². The van der Waals surface area contributed by atoms with Crippen LogP contribution < -0.4 is 16.0 Å². The van der Waals surface area contributed by atoms with Gasteiger partial charge < -0.3 is 15.7 Å². The molecule has 0 radical (unpaired) electrons. The molecule has 0 aliphatic carbocycles. The second-order valence-electron chi connectivity index (χ2n) is 5.84. The van der Waals surface area contributed by atoms with E-state index in [0.29, 0.717) is 12.0 Å². The molecule has 1 aromatic rings. The first-order chi connectivity index (χ1) is 11.8. The molecule has 2 atom stereocenters. The van der Waals surface area contributed by atoms with Crippen LogP contribution >= 0.6 is 0 Å². The summed E-state index contributed by atoms with van der Waals surface area (Å²) >= 11 is 0. The normalized spacial score (nSPS) is 20.4. The SMILES string of the molecule is C=CCCC(NC(=O)c1ccc(C2(C)NC(=O)NC2=O)cc1)C(=O)O. The Balaban J connectivity index is 2.12. The van der Waals surface area contributed by atoms with Crippen LogP contribution in [0.5, 0.6) is 0 Å². The minimum Gasteiger partial charge on any atom is -0.480 e. The Labute approximate surface area is 144 Å². The first-order valence-electron chi connectivity index (χ1n) is 7.66. The highest BCUT2D eigenvalue weighted by atomic mass is 16.4. The van der Waals surface area contributed by atoms with Crippen LogP contribution in [0.2, 0.25) is 0 Å². The van der Waals surface area contributed by atoms with E-state index in [-0.39, 0.29) is 12.0 Å². The van der Waals surface area contributed by atoms with E-state index in [1.165, 1.54) is 12.1 Å². The molecule has 4 amide bonds. The summed E-state index contributed by atoms with van der Waals surface area (Å²) in [5.41, 5.74) is -0.449. The van der Waals surface area contributed by atoms with Gasteiger partial charge in [0.2, 0.25) is 0 Å². The molecule has 0 saturated carbocycles. The summed E-state index contributed by atoms with van der Waals surface area (Å²) in [6.07, 6.45) is 2.29. The highest BCUT2D eigenvalue weighted by Crippen LogP contribution is 2.24. The zero-order chi connectivity index (χ0) is 18.6. The smallest absolute Gasteiger partial charge is 0.326 e. The number of amides is 4. The molecular weight excluding hydrogens is 326 g/mol. The summed E-state index contributed by atoms with van der Waals surface area (Å²) in [5, 5.41) is 16.3. The number of hydrogen-bond donors (Lipinski definition) is 4. The topological polar surface area (TPSA) is 125 Å². The van der Waals surface area contributed by atoms with Crippen LogP contribution in [0.3, 0.4) is 0 Å².